The molecule has 8 nitrogen and oxygen atoms in total. The molecule has 0 radical (unpaired) electrons. The molecule has 2 aliphatic heterocycles. The summed E-state index contributed by atoms with van der Waals surface area (Å²) in [5, 5.41) is 32.0. The second-order valence-corrected chi connectivity index (χ2v) is 9.22. The summed E-state index contributed by atoms with van der Waals surface area (Å²) in [5.41, 5.74) is 0.582. The van der Waals surface area contributed by atoms with Gasteiger partial charge in [0.25, 0.3) is 0 Å². The predicted molar refractivity (Wildman–Crippen MR) is 123 cm³/mol. The molecule has 0 aliphatic carbocycles. The average Bonchev–Trinajstić information content (AvgIpc) is 2.82. The number of morpholine rings is 1. The van der Waals surface area contributed by atoms with Gasteiger partial charge in [-0.05, 0) is 39.3 Å². The third-order valence-corrected chi connectivity index (χ3v) is 6.84. The highest BCUT2D eigenvalue weighted by atomic mass is 19.3. The number of aliphatic hydroxyl groups excluding tert-OH is 1. The predicted octanol–water partition coefficient (Wildman–Crippen LogP) is 3.80. The average molecular weight is 489 g/mol. The first kappa shape index (κ1) is 23.6. The van der Waals surface area contributed by atoms with Crippen LogP contribution >= 0.6 is 0 Å². The summed E-state index contributed by atoms with van der Waals surface area (Å²) in [6.07, 6.45) is -1.08. The van der Waals surface area contributed by atoms with E-state index in [0.29, 0.717) is 35.5 Å². The van der Waals surface area contributed by atoms with Crippen molar-refractivity contribution in [1.29, 1.82) is 0 Å². The van der Waals surface area contributed by atoms with Gasteiger partial charge in [-0.3, -0.25) is 0 Å². The van der Waals surface area contributed by atoms with E-state index in [1.807, 2.05) is 0 Å². The second-order valence-electron chi connectivity index (χ2n) is 9.22. The molecule has 3 aromatic rings. The van der Waals surface area contributed by atoms with Crippen LogP contribution in [0.15, 0.2) is 24.3 Å². The number of halogens is 3. The van der Waals surface area contributed by atoms with Crippen molar-refractivity contribution in [2.24, 2.45) is 0 Å². The zero-order chi connectivity index (χ0) is 25.1. The molecule has 5 rings (SSSR count). The molecule has 2 bridgehead atoms. The fourth-order valence-electron chi connectivity index (χ4n) is 4.85. The highest BCUT2D eigenvalue weighted by molar-refractivity contribution is 5.94. The Labute approximate surface area is 199 Å². The monoisotopic (exact) mass is 489 g/mol. The van der Waals surface area contributed by atoms with Crippen molar-refractivity contribution in [2.75, 3.05) is 23.4 Å². The van der Waals surface area contributed by atoms with E-state index in [1.54, 1.807) is 19.9 Å². The molecule has 0 saturated carbocycles. The number of anilines is 2. The number of ether oxygens (including phenoxy) is 1. The lowest BCUT2D eigenvalue weighted by Gasteiger charge is -2.53. The standard InChI is InChI=1S/C24H26F3N5O3/c1-11(16-5-4-6-18(20(16)25)24(26,27)13(3)33)28-22-17-8-19(32-14-7-15(32)10-35-9-14)23(34)29-21(17)12(2)30-31-22/h4-6,8,11,13-15,33H,7,9-10H2,1-3H3,(H,28,31)(H,29,34)/t11-,13?,14?,15?/m1/s1. The van der Waals surface area contributed by atoms with Gasteiger partial charge < -0.3 is 25.2 Å². The van der Waals surface area contributed by atoms with Gasteiger partial charge in [0, 0.05) is 10.9 Å². The van der Waals surface area contributed by atoms with Crippen molar-refractivity contribution in [1.82, 2.24) is 15.2 Å². The molecule has 2 fully saturated rings. The highest BCUT2D eigenvalue weighted by Crippen LogP contribution is 2.42. The van der Waals surface area contributed by atoms with Crippen LogP contribution in [0.5, 0.6) is 5.88 Å². The fraction of sp³-hybridized carbons (Fsp3) is 0.458. The summed E-state index contributed by atoms with van der Waals surface area (Å²) >= 11 is 0. The maximum atomic E-state index is 15.1. The van der Waals surface area contributed by atoms with Gasteiger partial charge in [0.1, 0.15) is 23.1 Å². The largest absolute Gasteiger partial charge is 0.492 e. The minimum absolute atomic E-state index is 0.0141. The van der Waals surface area contributed by atoms with Crippen molar-refractivity contribution < 1.29 is 28.1 Å². The number of pyridine rings is 1. The van der Waals surface area contributed by atoms with E-state index < -0.39 is 29.4 Å². The Kier molecular flexibility index (Phi) is 5.71. The lowest BCUT2D eigenvalue weighted by atomic mass is 9.90. The van der Waals surface area contributed by atoms with Crippen LogP contribution in [-0.2, 0) is 10.7 Å². The van der Waals surface area contributed by atoms with Crippen LogP contribution in [0.25, 0.3) is 10.9 Å². The summed E-state index contributed by atoms with van der Waals surface area (Å²) in [7, 11) is 0. The van der Waals surface area contributed by atoms with Crippen LogP contribution in [0.4, 0.5) is 24.7 Å². The number of rotatable bonds is 6. The number of alkyl halides is 2. The summed E-state index contributed by atoms with van der Waals surface area (Å²) in [6, 6.07) is 4.99. The SMILES string of the molecule is Cc1nnc(N[C@H](C)c2cccc(C(F)(F)C(C)O)c2F)c2cc(N3C4COCC3C4)c(O)nc12. The first-order valence-electron chi connectivity index (χ1n) is 11.4. The van der Waals surface area contributed by atoms with E-state index in [0.717, 1.165) is 19.4 Å². The van der Waals surface area contributed by atoms with Crippen LogP contribution in [0, 0.1) is 12.7 Å². The molecule has 2 aromatic heterocycles. The van der Waals surface area contributed by atoms with Gasteiger partial charge in [-0.2, -0.15) is 13.9 Å². The lowest BCUT2D eigenvalue weighted by molar-refractivity contribution is -0.108. The Hall–Kier alpha value is -3.18. The number of hydrogen-bond donors (Lipinski definition) is 3. The first-order valence-corrected chi connectivity index (χ1v) is 11.4. The van der Waals surface area contributed by atoms with Gasteiger partial charge in [-0.25, -0.2) is 9.37 Å². The molecule has 0 amide bonds. The molecule has 3 unspecified atom stereocenters. The first-order chi connectivity index (χ1) is 16.6. The second kappa shape index (κ2) is 8.49. The number of aryl methyl sites for hydroxylation is 1. The fourth-order valence-corrected chi connectivity index (χ4v) is 4.85. The third-order valence-electron chi connectivity index (χ3n) is 6.84. The molecule has 3 N–H and O–H groups in total. The molecule has 2 saturated heterocycles. The number of aromatic hydroxyl groups is 1. The zero-order valence-corrected chi connectivity index (χ0v) is 19.5. The minimum Gasteiger partial charge on any atom is -0.492 e. The van der Waals surface area contributed by atoms with Gasteiger partial charge in [0.15, 0.2) is 5.82 Å². The van der Waals surface area contributed by atoms with E-state index in [2.05, 4.69) is 25.4 Å². The Morgan fingerprint density at radius 2 is 1.91 bits per heavy atom. The number of benzene rings is 1. The van der Waals surface area contributed by atoms with Crippen LogP contribution in [0.3, 0.4) is 0 Å². The van der Waals surface area contributed by atoms with Crippen LogP contribution in [-0.4, -0.2) is 56.8 Å². The van der Waals surface area contributed by atoms with Crippen molar-refractivity contribution in [3.63, 3.8) is 0 Å². The molecule has 0 spiro atoms. The van der Waals surface area contributed by atoms with E-state index >= 15 is 4.39 Å². The summed E-state index contributed by atoms with van der Waals surface area (Å²) < 4.78 is 49.4. The van der Waals surface area contributed by atoms with Crippen LogP contribution in [0.1, 0.15) is 43.1 Å². The molecule has 35 heavy (non-hydrogen) atoms. The molecule has 4 atom stereocenters. The van der Waals surface area contributed by atoms with Gasteiger partial charge in [-0.15, -0.1) is 5.10 Å². The van der Waals surface area contributed by atoms with Gasteiger partial charge in [0.2, 0.25) is 5.88 Å². The van der Waals surface area contributed by atoms with Crippen LogP contribution in [0.2, 0.25) is 0 Å². The Morgan fingerprint density at radius 1 is 1.20 bits per heavy atom. The van der Waals surface area contributed by atoms with Gasteiger partial charge in [-0.1, -0.05) is 12.1 Å². The van der Waals surface area contributed by atoms with Gasteiger partial charge in [0.05, 0.1) is 42.6 Å². The van der Waals surface area contributed by atoms with Crippen molar-refractivity contribution in [2.45, 2.75) is 57.3 Å². The normalized spacial score (nSPS) is 21.5. The number of hydrogen-bond acceptors (Lipinski definition) is 8. The van der Waals surface area contributed by atoms with Crippen molar-refractivity contribution in [3.05, 3.63) is 46.9 Å². The number of aliphatic hydroxyl groups is 1. The van der Waals surface area contributed by atoms with Crippen molar-refractivity contribution in [3.8, 4) is 5.88 Å². The summed E-state index contributed by atoms with van der Waals surface area (Å²) in [4.78, 5) is 6.44. The Morgan fingerprint density at radius 3 is 2.57 bits per heavy atom. The van der Waals surface area contributed by atoms with Crippen LogP contribution < -0.4 is 10.2 Å². The zero-order valence-electron chi connectivity index (χ0n) is 19.5. The lowest BCUT2D eigenvalue weighted by Crippen LogP contribution is -2.64. The number of aromatic nitrogens is 3. The van der Waals surface area contributed by atoms with Gasteiger partial charge >= 0.3 is 5.92 Å². The topological polar surface area (TPSA) is 104 Å². The molecule has 11 heteroatoms. The van der Waals surface area contributed by atoms with E-state index in [-0.39, 0.29) is 29.3 Å². The van der Waals surface area contributed by atoms with E-state index in [4.69, 9.17) is 4.74 Å². The molecule has 1 aromatic carbocycles. The quantitative estimate of drug-likeness (QED) is 0.481. The minimum atomic E-state index is -3.74. The molecule has 186 valence electrons. The third kappa shape index (κ3) is 3.82. The molecular weight excluding hydrogens is 463 g/mol. The molecule has 4 heterocycles. The number of fused-ring (bicyclic) bond motifs is 3. The summed E-state index contributed by atoms with van der Waals surface area (Å²) in [5.74, 6) is -4.69. The van der Waals surface area contributed by atoms with E-state index in [9.17, 15) is 19.0 Å². The van der Waals surface area contributed by atoms with E-state index in [1.165, 1.54) is 12.1 Å². The van der Waals surface area contributed by atoms with Crippen molar-refractivity contribution >= 4 is 22.4 Å². The Balaban J connectivity index is 1.52. The number of nitrogens with zero attached hydrogens (tertiary/aromatic N) is 4. The maximum absolute atomic E-state index is 15.1. The maximum Gasteiger partial charge on any atom is 0.301 e. The molecule has 2 aliphatic rings. The summed E-state index contributed by atoms with van der Waals surface area (Å²) in [6.45, 7) is 5.37. The smallest absolute Gasteiger partial charge is 0.301 e. The molecular formula is C24H26F3N5O3. The number of nitrogens with one attached hydrogen (secondary N) is 1. The highest BCUT2D eigenvalue weighted by Gasteiger charge is 2.44. The Bertz CT molecular complexity index is 1270.